The van der Waals surface area contributed by atoms with Gasteiger partial charge in [0.1, 0.15) is 0 Å². The second-order valence-corrected chi connectivity index (χ2v) is 17.4. The predicted molar refractivity (Wildman–Crippen MR) is 267 cm³/mol. The Morgan fingerprint density at radius 2 is 0.825 bits per heavy atom. The van der Waals surface area contributed by atoms with Gasteiger partial charge in [-0.15, -0.1) is 0 Å². The van der Waals surface area contributed by atoms with Crippen LogP contribution in [0.4, 0.5) is 17.1 Å². The molecule has 0 radical (unpaired) electrons. The van der Waals surface area contributed by atoms with Gasteiger partial charge in [-0.2, -0.15) is 0 Å². The van der Waals surface area contributed by atoms with E-state index in [-0.39, 0.29) is 5.41 Å². The van der Waals surface area contributed by atoms with E-state index in [0.29, 0.717) is 0 Å². The van der Waals surface area contributed by atoms with E-state index in [2.05, 4.69) is 254 Å². The molecule has 63 heavy (non-hydrogen) atoms. The fraction of sp³-hybridized carbons (Fsp3) is 0.0492. The molecule has 0 unspecified atom stereocenters. The van der Waals surface area contributed by atoms with Gasteiger partial charge in [-0.05, 0) is 145 Å². The van der Waals surface area contributed by atoms with Gasteiger partial charge < -0.3 is 9.47 Å². The van der Waals surface area contributed by atoms with E-state index >= 15 is 0 Å². The predicted octanol–water partition coefficient (Wildman–Crippen LogP) is 16.7. The molecule has 0 atom stereocenters. The maximum absolute atomic E-state index is 2.41. The van der Waals surface area contributed by atoms with Gasteiger partial charge >= 0.3 is 0 Å². The van der Waals surface area contributed by atoms with Crippen molar-refractivity contribution in [2.45, 2.75) is 19.3 Å². The summed E-state index contributed by atoms with van der Waals surface area (Å²) in [6.45, 7) is 4.71. The molecule has 2 heteroatoms. The van der Waals surface area contributed by atoms with E-state index in [1.807, 2.05) is 0 Å². The quantitative estimate of drug-likeness (QED) is 0.156. The van der Waals surface area contributed by atoms with Gasteiger partial charge in [0, 0.05) is 38.9 Å². The lowest BCUT2D eigenvalue weighted by Gasteiger charge is -2.28. The fourth-order valence-corrected chi connectivity index (χ4v) is 10.1. The van der Waals surface area contributed by atoms with Gasteiger partial charge in [-0.25, -0.2) is 0 Å². The molecular formula is C61H44N2. The molecule has 0 saturated carbocycles. The molecule has 1 aliphatic rings. The lowest BCUT2D eigenvalue weighted by atomic mass is 9.82. The Hall–Kier alpha value is -7.94. The molecule has 11 aromatic rings. The minimum atomic E-state index is -0.0939. The third-order valence-corrected chi connectivity index (χ3v) is 13.4. The van der Waals surface area contributed by atoms with E-state index < -0.39 is 0 Å². The maximum atomic E-state index is 2.41. The van der Waals surface area contributed by atoms with Crippen LogP contribution in [-0.2, 0) is 5.41 Å². The van der Waals surface area contributed by atoms with Crippen LogP contribution in [0.25, 0.3) is 82.8 Å². The minimum Gasteiger partial charge on any atom is -0.310 e. The Balaban J connectivity index is 0.880. The lowest BCUT2D eigenvalue weighted by molar-refractivity contribution is 0.660. The largest absolute Gasteiger partial charge is 0.310 e. The number of aromatic nitrogens is 1. The molecule has 0 bridgehead atoms. The maximum Gasteiger partial charge on any atom is 0.0541 e. The summed E-state index contributed by atoms with van der Waals surface area (Å²) in [6.07, 6.45) is 0. The molecule has 0 amide bonds. The smallest absolute Gasteiger partial charge is 0.0541 e. The second kappa shape index (κ2) is 14.6. The molecule has 12 rings (SSSR count). The van der Waals surface area contributed by atoms with E-state index in [1.165, 1.54) is 93.9 Å². The van der Waals surface area contributed by atoms with Crippen LogP contribution >= 0.6 is 0 Å². The molecule has 10 aromatic carbocycles. The van der Waals surface area contributed by atoms with Crippen LogP contribution in [0.1, 0.15) is 25.0 Å². The zero-order valence-corrected chi connectivity index (χ0v) is 35.3. The standard InChI is InChI=1S/C61H44N2/c1-61(2)57-19-11-9-17-53(57)54-35-34-52(40-58(54)61)62(50-30-25-42(26-31-50)41-13-5-3-6-14-41)51-32-27-43(28-33-51)44-21-22-46-38-47(24-23-45(46)37-44)48-29-36-60-56(39-48)55-18-10-12-20-59(55)63(60)49-15-7-4-8-16-49/h3-40H,1-2H3. The summed E-state index contributed by atoms with van der Waals surface area (Å²) in [4.78, 5) is 2.40. The highest BCUT2D eigenvalue weighted by atomic mass is 15.1. The van der Waals surface area contributed by atoms with Crippen molar-refractivity contribution in [2.24, 2.45) is 0 Å². The van der Waals surface area contributed by atoms with Crippen molar-refractivity contribution in [1.82, 2.24) is 4.57 Å². The SMILES string of the molecule is CC1(C)c2ccccc2-c2ccc(N(c3ccc(-c4ccccc4)cc3)c3ccc(-c4ccc5cc(-c6ccc7c(c6)c6ccccc6n7-c6ccccc6)ccc5c4)cc3)cc21. The highest BCUT2D eigenvalue weighted by molar-refractivity contribution is 6.10. The first-order valence-electron chi connectivity index (χ1n) is 21.9. The first-order valence-corrected chi connectivity index (χ1v) is 21.9. The van der Waals surface area contributed by atoms with Crippen molar-refractivity contribution in [3.8, 4) is 50.2 Å². The Morgan fingerprint density at radius 1 is 0.333 bits per heavy atom. The van der Waals surface area contributed by atoms with Crippen molar-refractivity contribution in [3.05, 3.63) is 242 Å². The van der Waals surface area contributed by atoms with Crippen LogP contribution in [0.5, 0.6) is 0 Å². The summed E-state index contributed by atoms with van der Waals surface area (Å²) < 4.78 is 2.37. The van der Waals surface area contributed by atoms with Crippen molar-refractivity contribution in [3.63, 3.8) is 0 Å². The number of anilines is 3. The molecule has 298 valence electrons. The topological polar surface area (TPSA) is 8.17 Å². The monoisotopic (exact) mass is 804 g/mol. The minimum absolute atomic E-state index is 0.0939. The number of para-hydroxylation sites is 2. The van der Waals surface area contributed by atoms with Crippen molar-refractivity contribution >= 4 is 49.6 Å². The third kappa shape index (κ3) is 6.17. The average Bonchev–Trinajstić information content (AvgIpc) is 3.80. The Bertz CT molecular complexity index is 3500. The summed E-state index contributed by atoms with van der Waals surface area (Å²) in [7, 11) is 0. The summed E-state index contributed by atoms with van der Waals surface area (Å²) in [5.74, 6) is 0. The molecule has 1 aromatic heterocycles. The first-order chi connectivity index (χ1) is 31.0. The van der Waals surface area contributed by atoms with Gasteiger partial charge in [0.2, 0.25) is 0 Å². The zero-order valence-electron chi connectivity index (χ0n) is 35.3. The van der Waals surface area contributed by atoms with E-state index in [0.717, 1.165) is 17.1 Å². The molecular weight excluding hydrogens is 761 g/mol. The number of hydrogen-bond donors (Lipinski definition) is 0. The van der Waals surface area contributed by atoms with Gasteiger partial charge in [-0.1, -0.05) is 166 Å². The number of nitrogens with zero attached hydrogens (tertiary/aromatic N) is 2. The van der Waals surface area contributed by atoms with Crippen molar-refractivity contribution in [2.75, 3.05) is 4.90 Å². The van der Waals surface area contributed by atoms with Crippen LogP contribution in [0.3, 0.4) is 0 Å². The van der Waals surface area contributed by atoms with Crippen molar-refractivity contribution in [1.29, 1.82) is 0 Å². The zero-order chi connectivity index (χ0) is 42.1. The molecule has 0 fully saturated rings. The molecule has 0 spiro atoms. The average molecular weight is 805 g/mol. The van der Waals surface area contributed by atoms with Gasteiger partial charge in [0.15, 0.2) is 0 Å². The molecule has 0 saturated heterocycles. The molecule has 0 N–H and O–H groups in total. The highest BCUT2D eigenvalue weighted by Crippen LogP contribution is 2.51. The van der Waals surface area contributed by atoms with E-state index in [1.54, 1.807) is 0 Å². The van der Waals surface area contributed by atoms with Gasteiger partial charge in [0.05, 0.1) is 11.0 Å². The molecule has 1 aliphatic carbocycles. The normalized spacial score (nSPS) is 12.7. The number of fused-ring (bicyclic) bond motifs is 7. The van der Waals surface area contributed by atoms with Crippen LogP contribution < -0.4 is 4.90 Å². The van der Waals surface area contributed by atoms with Crippen LogP contribution in [0.15, 0.2) is 231 Å². The lowest BCUT2D eigenvalue weighted by Crippen LogP contribution is -2.16. The summed E-state index contributed by atoms with van der Waals surface area (Å²) in [5.41, 5.74) is 19.6. The van der Waals surface area contributed by atoms with Crippen LogP contribution in [-0.4, -0.2) is 4.57 Å². The first kappa shape index (κ1) is 36.9. The van der Waals surface area contributed by atoms with Gasteiger partial charge in [-0.3, -0.25) is 0 Å². The molecule has 1 heterocycles. The van der Waals surface area contributed by atoms with Crippen LogP contribution in [0, 0.1) is 0 Å². The number of benzene rings is 10. The van der Waals surface area contributed by atoms with Gasteiger partial charge in [0.25, 0.3) is 0 Å². The highest BCUT2D eigenvalue weighted by Gasteiger charge is 2.35. The Kier molecular flexibility index (Phi) is 8.55. The van der Waals surface area contributed by atoms with E-state index in [9.17, 15) is 0 Å². The summed E-state index contributed by atoms with van der Waals surface area (Å²) >= 11 is 0. The number of rotatable bonds is 7. The van der Waals surface area contributed by atoms with E-state index in [4.69, 9.17) is 0 Å². The summed E-state index contributed by atoms with van der Waals surface area (Å²) in [5, 5.41) is 4.98. The summed E-state index contributed by atoms with van der Waals surface area (Å²) in [6, 6.07) is 84.6. The number of hydrogen-bond acceptors (Lipinski definition) is 1. The molecule has 2 nitrogen and oxygen atoms in total. The molecule has 0 aliphatic heterocycles. The van der Waals surface area contributed by atoms with Crippen molar-refractivity contribution < 1.29 is 0 Å². The van der Waals surface area contributed by atoms with Crippen LogP contribution in [0.2, 0.25) is 0 Å². The Labute approximate surface area is 368 Å². The third-order valence-electron chi connectivity index (χ3n) is 13.4. The fourth-order valence-electron chi connectivity index (χ4n) is 10.1. The Morgan fingerprint density at radius 3 is 1.54 bits per heavy atom. The second-order valence-electron chi connectivity index (χ2n) is 17.4.